The molecule has 1 atom stereocenters. The molecular formula is C23H27N3O4S2. The number of anilines is 1. The summed E-state index contributed by atoms with van der Waals surface area (Å²) in [5.41, 5.74) is 0.823. The minimum absolute atomic E-state index is 0.00412. The number of hydrogen-bond acceptors (Lipinski definition) is 5. The van der Waals surface area contributed by atoms with Gasteiger partial charge in [-0.1, -0.05) is 24.3 Å². The number of carbonyl (C=O) groups is 2. The number of benzene rings is 1. The Labute approximate surface area is 192 Å². The summed E-state index contributed by atoms with van der Waals surface area (Å²) in [6.07, 6.45) is 2.68. The molecule has 2 amide bonds. The Kier molecular flexibility index (Phi) is 5.59. The molecule has 0 aliphatic carbocycles. The van der Waals surface area contributed by atoms with Crippen LogP contribution < -0.4 is 4.90 Å². The summed E-state index contributed by atoms with van der Waals surface area (Å²) in [6, 6.07) is 12.9. The zero-order chi connectivity index (χ0) is 22.3. The monoisotopic (exact) mass is 473 g/mol. The van der Waals surface area contributed by atoms with Crippen LogP contribution >= 0.6 is 11.3 Å². The third kappa shape index (κ3) is 3.86. The molecule has 1 unspecified atom stereocenters. The largest absolute Gasteiger partial charge is 0.342 e. The Morgan fingerprint density at radius 2 is 1.72 bits per heavy atom. The SMILES string of the molecule is O=C(C1CC(=O)N(c2ccccc2)C1)N1CCC2(CCN(S(=O)(=O)c3cccs3)CC2)C1. The summed E-state index contributed by atoms with van der Waals surface area (Å²) in [6.45, 7) is 2.76. The van der Waals surface area contributed by atoms with Crippen LogP contribution in [-0.4, -0.2) is 62.2 Å². The van der Waals surface area contributed by atoms with Crippen molar-refractivity contribution in [3.8, 4) is 0 Å². The smallest absolute Gasteiger partial charge is 0.252 e. The second kappa shape index (κ2) is 8.28. The van der Waals surface area contributed by atoms with Crippen molar-refractivity contribution in [1.29, 1.82) is 0 Å². The van der Waals surface area contributed by atoms with Gasteiger partial charge in [0.25, 0.3) is 10.0 Å². The van der Waals surface area contributed by atoms with E-state index in [-0.39, 0.29) is 29.6 Å². The van der Waals surface area contributed by atoms with Crippen molar-refractivity contribution in [2.75, 3.05) is 37.6 Å². The first-order valence-electron chi connectivity index (χ1n) is 11.1. The molecule has 3 fully saturated rings. The highest BCUT2D eigenvalue weighted by Crippen LogP contribution is 2.42. The molecule has 32 heavy (non-hydrogen) atoms. The summed E-state index contributed by atoms with van der Waals surface area (Å²) >= 11 is 1.25. The first-order valence-corrected chi connectivity index (χ1v) is 13.4. The predicted octanol–water partition coefficient (Wildman–Crippen LogP) is 2.80. The van der Waals surface area contributed by atoms with Crippen molar-refractivity contribution in [2.45, 2.75) is 29.9 Å². The predicted molar refractivity (Wildman–Crippen MR) is 123 cm³/mol. The number of likely N-dealkylation sites (tertiary alicyclic amines) is 1. The molecule has 1 aromatic carbocycles. The second-order valence-corrected chi connectivity index (χ2v) is 12.2. The molecule has 1 spiro atoms. The van der Waals surface area contributed by atoms with Crippen LogP contribution in [0, 0.1) is 11.3 Å². The van der Waals surface area contributed by atoms with E-state index in [0.717, 1.165) is 24.9 Å². The van der Waals surface area contributed by atoms with Gasteiger partial charge < -0.3 is 9.80 Å². The number of rotatable bonds is 4. The van der Waals surface area contributed by atoms with Gasteiger partial charge in [0.1, 0.15) is 4.21 Å². The highest BCUT2D eigenvalue weighted by atomic mass is 32.2. The first kappa shape index (κ1) is 21.6. The van der Waals surface area contributed by atoms with Gasteiger partial charge >= 0.3 is 0 Å². The quantitative estimate of drug-likeness (QED) is 0.684. The fourth-order valence-electron chi connectivity index (χ4n) is 5.26. The van der Waals surface area contributed by atoms with Gasteiger partial charge in [-0.2, -0.15) is 4.31 Å². The van der Waals surface area contributed by atoms with Crippen molar-refractivity contribution in [1.82, 2.24) is 9.21 Å². The molecule has 3 aliphatic rings. The molecule has 5 rings (SSSR count). The van der Waals surface area contributed by atoms with Crippen LogP contribution in [0.2, 0.25) is 0 Å². The van der Waals surface area contributed by atoms with E-state index in [9.17, 15) is 18.0 Å². The summed E-state index contributed by atoms with van der Waals surface area (Å²) in [5.74, 6) is -0.255. The Hall–Kier alpha value is -2.23. The Morgan fingerprint density at radius 1 is 1.00 bits per heavy atom. The average molecular weight is 474 g/mol. The number of sulfonamides is 1. The lowest BCUT2D eigenvalue weighted by Gasteiger charge is -2.38. The van der Waals surface area contributed by atoms with E-state index in [4.69, 9.17) is 0 Å². The van der Waals surface area contributed by atoms with E-state index >= 15 is 0 Å². The van der Waals surface area contributed by atoms with E-state index in [1.807, 2.05) is 35.2 Å². The normalized spacial score (nSPS) is 23.9. The third-order valence-corrected chi connectivity index (χ3v) is 10.4. The van der Waals surface area contributed by atoms with Crippen LogP contribution in [-0.2, 0) is 19.6 Å². The standard InChI is InChI=1S/C23H27N3O4S2/c27-20-15-18(16-26(20)19-5-2-1-3-6-19)22(28)24-11-8-23(17-24)9-12-25(13-10-23)32(29,30)21-7-4-14-31-21/h1-7,14,18H,8-13,15-17H2. The number of hydrogen-bond donors (Lipinski definition) is 0. The van der Waals surface area contributed by atoms with Crippen LogP contribution in [0.4, 0.5) is 5.69 Å². The highest BCUT2D eigenvalue weighted by Gasteiger charge is 2.46. The van der Waals surface area contributed by atoms with Gasteiger partial charge in [-0.15, -0.1) is 11.3 Å². The molecule has 0 radical (unpaired) electrons. The minimum atomic E-state index is -3.42. The minimum Gasteiger partial charge on any atom is -0.342 e. The van der Waals surface area contributed by atoms with Crippen LogP contribution in [0.15, 0.2) is 52.1 Å². The lowest BCUT2D eigenvalue weighted by Crippen LogP contribution is -2.45. The molecule has 0 saturated carbocycles. The van der Waals surface area contributed by atoms with Crippen molar-refractivity contribution >= 4 is 38.9 Å². The van der Waals surface area contributed by atoms with E-state index in [2.05, 4.69) is 0 Å². The summed E-state index contributed by atoms with van der Waals surface area (Å²) in [5, 5.41) is 1.78. The summed E-state index contributed by atoms with van der Waals surface area (Å²) in [7, 11) is -3.42. The maximum absolute atomic E-state index is 13.2. The van der Waals surface area contributed by atoms with Gasteiger partial charge in [0.2, 0.25) is 11.8 Å². The van der Waals surface area contributed by atoms with E-state index < -0.39 is 10.0 Å². The number of amides is 2. The molecule has 1 aromatic heterocycles. The maximum Gasteiger partial charge on any atom is 0.252 e. The molecule has 3 saturated heterocycles. The van der Waals surface area contributed by atoms with E-state index in [1.54, 1.807) is 26.7 Å². The van der Waals surface area contributed by atoms with Gasteiger partial charge in [0.15, 0.2) is 0 Å². The molecule has 0 N–H and O–H groups in total. The first-order chi connectivity index (χ1) is 15.4. The highest BCUT2D eigenvalue weighted by molar-refractivity contribution is 7.91. The Morgan fingerprint density at radius 3 is 2.41 bits per heavy atom. The topological polar surface area (TPSA) is 78.0 Å². The van der Waals surface area contributed by atoms with Crippen LogP contribution in [0.1, 0.15) is 25.7 Å². The van der Waals surface area contributed by atoms with Crippen molar-refractivity contribution in [3.05, 3.63) is 47.8 Å². The second-order valence-electron chi connectivity index (χ2n) is 9.09. The van der Waals surface area contributed by atoms with Crippen molar-refractivity contribution in [2.24, 2.45) is 11.3 Å². The van der Waals surface area contributed by atoms with Gasteiger partial charge in [0, 0.05) is 44.8 Å². The van der Waals surface area contributed by atoms with Gasteiger partial charge in [-0.25, -0.2) is 8.42 Å². The summed E-state index contributed by atoms with van der Waals surface area (Å²) < 4.78 is 27.6. The molecular weight excluding hydrogens is 446 g/mol. The van der Waals surface area contributed by atoms with Crippen LogP contribution in [0.3, 0.4) is 0 Å². The fraction of sp³-hybridized carbons (Fsp3) is 0.478. The van der Waals surface area contributed by atoms with E-state index in [0.29, 0.717) is 36.9 Å². The van der Waals surface area contributed by atoms with Gasteiger partial charge in [0.05, 0.1) is 5.92 Å². The number of nitrogens with zero attached hydrogens (tertiary/aromatic N) is 3. The number of carbonyl (C=O) groups excluding carboxylic acids is 2. The number of thiophene rings is 1. The van der Waals surface area contributed by atoms with Gasteiger partial charge in [-0.3, -0.25) is 9.59 Å². The Bertz CT molecular complexity index is 1090. The molecule has 7 nitrogen and oxygen atoms in total. The third-order valence-electron chi connectivity index (χ3n) is 7.16. The molecule has 4 heterocycles. The number of para-hydroxylation sites is 1. The zero-order valence-corrected chi connectivity index (χ0v) is 19.5. The van der Waals surface area contributed by atoms with Crippen LogP contribution in [0.25, 0.3) is 0 Å². The van der Waals surface area contributed by atoms with Crippen molar-refractivity contribution in [3.63, 3.8) is 0 Å². The maximum atomic E-state index is 13.2. The fourth-order valence-corrected chi connectivity index (χ4v) is 7.84. The van der Waals surface area contributed by atoms with Crippen LogP contribution in [0.5, 0.6) is 0 Å². The van der Waals surface area contributed by atoms with E-state index in [1.165, 1.54) is 11.3 Å². The zero-order valence-electron chi connectivity index (χ0n) is 17.9. The number of piperidine rings is 1. The Balaban J connectivity index is 1.20. The lowest BCUT2D eigenvalue weighted by atomic mass is 9.78. The lowest BCUT2D eigenvalue weighted by molar-refractivity contribution is -0.135. The van der Waals surface area contributed by atoms with Crippen molar-refractivity contribution < 1.29 is 18.0 Å². The molecule has 3 aliphatic heterocycles. The van der Waals surface area contributed by atoms with Gasteiger partial charge in [-0.05, 0) is 48.3 Å². The molecule has 2 aromatic rings. The molecule has 170 valence electrons. The average Bonchev–Trinajstić information content (AvgIpc) is 3.55. The molecule has 0 bridgehead atoms. The molecule has 9 heteroatoms. The summed E-state index contributed by atoms with van der Waals surface area (Å²) in [4.78, 5) is 29.4.